The third-order valence-corrected chi connectivity index (χ3v) is 5.58. The molecule has 0 aromatic heterocycles. The average molecular weight is 445 g/mol. The van der Waals surface area contributed by atoms with E-state index < -0.39 is 17.1 Å². The summed E-state index contributed by atoms with van der Waals surface area (Å²) in [6, 6.07) is 25.9. The fourth-order valence-corrected chi connectivity index (χ4v) is 3.94. The van der Waals surface area contributed by atoms with Crippen LogP contribution in [0.3, 0.4) is 0 Å². The van der Waals surface area contributed by atoms with Crippen molar-refractivity contribution in [2.75, 3.05) is 11.9 Å². The van der Waals surface area contributed by atoms with E-state index >= 15 is 0 Å². The van der Waals surface area contributed by atoms with E-state index in [0.29, 0.717) is 23.6 Å². The summed E-state index contributed by atoms with van der Waals surface area (Å²) in [7, 11) is 0. The molecule has 7 heteroatoms. The minimum Gasteiger partial charge on any atom is -0.488 e. The smallest absolute Gasteiger partial charge is 0.294 e. The molecule has 4 rings (SSSR count). The molecule has 0 bridgehead atoms. The Morgan fingerprint density at radius 1 is 0.906 bits per heavy atom. The Kier molecular flexibility index (Phi) is 6.67. The van der Waals surface area contributed by atoms with Gasteiger partial charge in [0, 0.05) is 11.3 Å². The van der Waals surface area contributed by atoms with Crippen molar-refractivity contribution in [2.24, 2.45) is 0 Å². The zero-order chi connectivity index (χ0) is 22.3. The molecule has 1 aliphatic rings. The molecule has 3 amide bonds. The lowest BCUT2D eigenvalue weighted by Crippen LogP contribution is -2.36. The molecule has 0 aliphatic carbocycles. The minimum absolute atomic E-state index is 0.248. The molecule has 0 saturated carbocycles. The van der Waals surface area contributed by atoms with Crippen molar-refractivity contribution in [2.45, 2.75) is 6.61 Å². The van der Waals surface area contributed by atoms with Gasteiger partial charge in [-0.1, -0.05) is 66.7 Å². The molecule has 0 atom stereocenters. The van der Waals surface area contributed by atoms with Crippen LogP contribution in [0.25, 0.3) is 6.08 Å². The Morgan fingerprint density at radius 2 is 1.56 bits per heavy atom. The van der Waals surface area contributed by atoms with Crippen LogP contribution in [-0.4, -0.2) is 28.5 Å². The second kappa shape index (κ2) is 9.98. The standard InChI is InChI=1S/C25H20N2O4S/c28-23(26-20-12-5-2-6-13-20)16-27-24(29)22(32-25(27)30)15-19-11-7-8-14-21(19)31-17-18-9-3-1-4-10-18/h1-15H,16-17H2,(H,26,28)/b22-15+. The molecule has 1 N–H and O–H groups in total. The van der Waals surface area contributed by atoms with Crippen LogP contribution in [0.15, 0.2) is 89.8 Å². The number of benzene rings is 3. The molecule has 1 heterocycles. The number of anilines is 1. The molecular formula is C25H20N2O4S. The van der Waals surface area contributed by atoms with Crippen LogP contribution in [0.1, 0.15) is 11.1 Å². The maximum Gasteiger partial charge on any atom is 0.294 e. The van der Waals surface area contributed by atoms with Gasteiger partial charge in [0.25, 0.3) is 11.1 Å². The zero-order valence-electron chi connectivity index (χ0n) is 17.1. The van der Waals surface area contributed by atoms with E-state index in [1.807, 2.05) is 60.7 Å². The fraction of sp³-hybridized carbons (Fsp3) is 0.0800. The number of carbonyl (C=O) groups excluding carboxylic acids is 3. The number of ether oxygens (including phenoxy) is 1. The zero-order valence-corrected chi connectivity index (χ0v) is 17.9. The van der Waals surface area contributed by atoms with Gasteiger partial charge in [-0.2, -0.15) is 0 Å². The quantitative estimate of drug-likeness (QED) is 0.523. The summed E-state index contributed by atoms with van der Waals surface area (Å²) < 4.78 is 5.93. The maximum atomic E-state index is 12.8. The van der Waals surface area contributed by atoms with E-state index in [1.165, 1.54) is 0 Å². The van der Waals surface area contributed by atoms with Gasteiger partial charge in [0.05, 0.1) is 4.91 Å². The Labute approximate surface area is 189 Å². The molecule has 1 fully saturated rings. The number of nitrogens with one attached hydrogen (secondary N) is 1. The summed E-state index contributed by atoms with van der Waals surface area (Å²) in [5.41, 5.74) is 2.30. The van der Waals surface area contributed by atoms with Gasteiger partial charge in [-0.25, -0.2) is 0 Å². The number of para-hydroxylation sites is 2. The molecular weight excluding hydrogens is 424 g/mol. The van der Waals surface area contributed by atoms with Crippen LogP contribution < -0.4 is 10.1 Å². The van der Waals surface area contributed by atoms with Gasteiger partial charge < -0.3 is 10.1 Å². The number of rotatable bonds is 7. The highest BCUT2D eigenvalue weighted by molar-refractivity contribution is 8.18. The van der Waals surface area contributed by atoms with Gasteiger partial charge in [0.2, 0.25) is 5.91 Å². The third-order valence-electron chi connectivity index (χ3n) is 4.68. The molecule has 1 saturated heterocycles. The molecule has 0 radical (unpaired) electrons. The predicted octanol–water partition coefficient (Wildman–Crippen LogP) is 4.94. The predicted molar refractivity (Wildman–Crippen MR) is 125 cm³/mol. The average Bonchev–Trinajstić information content (AvgIpc) is 3.07. The van der Waals surface area contributed by atoms with Crippen molar-refractivity contribution < 1.29 is 19.1 Å². The number of imide groups is 1. The van der Waals surface area contributed by atoms with Crippen molar-refractivity contribution in [3.05, 3.63) is 101 Å². The Bertz CT molecular complexity index is 1160. The molecule has 0 spiro atoms. The van der Waals surface area contributed by atoms with Gasteiger partial charge in [-0.15, -0.1) is 0 Å². The molecule has 0 unspecified atom stereocenters. The highest BCUT2D eigenvalue weighted by Crippen LogP contribution is 2.34. The monoisotopic (exact) mass is 444 g/mol. The number of carbonyl (C=O) groups is 3. The summed E-state index contributed by atoms with van der Waals surface area (Å²) in [4.78, 5) is 38.7. The molecule has 1 aliphatic heterocycles. The van der Waals surface area contributed by atoms with Gasteiger partial charge >= 0.3 is 0 Å². The maximum absolute atomic E-state index is 12.8. The Hall–Kier alpha value is -3.84. The molecule has 3 aromatic rings. The fourth-order valence-electron chi connectivity index (χ4n) is 3.11. The van der Waals surface area contributed by atoms with E-state index in [1.54, 1.807) is 30.3 Å². The highest BCUT2D eigenvalue weighted by atomic mass is 32.2. The van der Waals surface area contributed by atoms with Crippen molar-refractivity contribution in [3.8, 4) is 5.75 Å². The van der Waals surface area contributed by atoms with Crippen molar-refractivity contribution in [1.82, 2.24) is 4.90 Å². The first-order chi connectivity index (χ1) is 15.6. The first kappa shape index (κ1) is 21.4. The summed E-state index contributed by atoms with van der Waals surface area (Å²) in [5, 5.41) is 2.20. The van der Waals surface area contributed by atoms with Gasteiger partial charge in [0.15, 0.2) is 0 Å². The molecule has 3 aromatic carbocycles. The van der Waals surface area contributed by atoms with Gasteiger partial charge in [0.1, 0.15) is 18.9 Å². The second-order valence-corrected chi connectivity index (χ2v) is 7.99. The lowest BCUT2D eigenvalue weighted by Gasteiger charge is -2.12. The summed E-state index contributed by atoms with van der Waals surface area (Å²) >= 11 is 0.811. The van der Waals surface area contributed by atoms with Crippen LogP contribution >= 0.6 is 11.8 Å². The SMILES string of the molecule is O=C(CN1C(=O)S/C(=C/c2ccccc2OCc2ccccc2)C1=O)Nc1ccccc1. The van der Waals surface area contributed by atoms with E-state index in [9.17, 15) is 14.4 Å². The van der Waals surface area contributed by atoms with Crippen molar-refractivity contribution in [3.63, 3.8) is 0 Å². The van der Waals surface area contributed by atoms with Crippen LogP contribution in [-0.2, 0) is 16.2 Å². The lowest BCUT2D eigenvalue weighted by molar-refractivity contribution is -0.127. The topological polar surface area (TPSA) is 75.7 Å². The van der Waals surface area contributed by atoms with E-state index in [2.05, 4.69) is 5.32 Å². The second-order valence-electron chi connectivity index (χ2n) is 6.99. The van der Waals surface area contributed by atoms with E-state index in [0.717, 1.165) is 22.2 Å². The first-order valence-electron chi connectivity index (χ1n) is 9.96. The third kappa shape index (κ3) is 5.25. The van der Waals surface area contributed by atoms with Crippen LogP contribution in [0.4, 0.5) is 10.5 Å². The largest absolute Gasteiger partial charge is 0.488 e. The van der Waals surface area contributed by atoms with E-state index in [-0.39, 0.29) is 11.4 Å². The Balaban J connectivity index is 1.45. The van der Waals surface area contributed by atoms with Crippen LogP contribution in [0, 0.1) is 0 Å². The highest BCUT2D eigenvalue weighted by Gasteiger charge is 2.36. The van der Waals surface area contributed by atoms with E-state index in [4.69, 9.17) is 4.74 Å². The molecule has 32 heavy (non-hydrogen) atoms. The Morgan fingerprint density at radius 3 is 2.31 bits per heavy atom. The number of thioether (sulfide) groups is 1. The summed E-state index contributed by atoms with van der Waals surface area (Å²) in [6.45, 7) is 0.0376. The first-order valence-corrected chi connectivity index (χ1v) is 10.8. The van der Waals surface area contributed by atoms with Crippen molar-refractivity contribution >= 4 is 40.6 Å². The normalized spacial score (nSPS) is 14.6. The van der Waals surface area contributed by atoms with Crippen molar-refractivity contribution in [1.29, 1.82) is 0 Å². The summed E-state index contributed by atoms with van der Waals surface area (Å²) in [6.07, 6.45) is 1.63. The summed E-state index contributed by atoms with van der Waals surface area (Å²) in [5.74, 6) is -0.336. The van der Waals surface area contributed by atoms with Crippen LogP contribution in [0.2, 0.25) is 0 Å². The molecule has 6 nitrogen and oxygen atoms in total. The van der Waals surface area contributed by atoms with Gasteiger partial charge in [-0.3, -0.25) is 19.3 Å². The lowest BCUT2D eigenvalue weighted by atomic mass is 10.1. The number of hydrogen-bond donors (Lipinski definition) is 1. The number of nitrogens with zero attached hydrogens (tertiary/aromatic N) is 1. The molecule has 160 valence electrons. The number of amides is 3. The minimum atomic E-state index is -0.499. The number of hydrogen-bond acceptors (Lipinski definition) is 5. The van der Waals surface area contributed by atoms with Gasteiger partial charge in [-0.05, 0) is 41.6 Å². The van der Waals surface area contributed by atoms with Crippen LogP contribution in [0.5, 0.6) is 5.75 Å².